The van der Waals surface area contributed by atoms with E-state index in [4.69, 9.17) is 9.47 Å². The summed E-state index contributed by atoms with van der Waals surface area (Å²) in [5.74, 6) is 0.196. The van der Waals surface area contributed by atoms with Gasteiger partial charge >= 0.3 is 5.97 Å². The minimum absolute atomic E-state index is 0.174. The Kier molecular flexibility index (Phi) is 13.5. The van der Waals surface area contributed by atoms with Crippen LogP contribution in [0.3, 0.4) is 0 Å². The highest BCUT2D eigenvalue weighted by Gasteiger charge is 2.28. The van der Waals surface area contributed by atoms with Crippen molar-refractivity contribution in [1.29, 1.82) is 0 Å². The van der Waals surface area contributed by atoms with Crippen LogP contribution >= 0.6 is 0 Å². The minimum atomic E-state index is -1.01. The number of hydrogen-bond donors (Lipinski definition) is 3. The van der Waals surface area contributed by atoms with Gasteiger partial charge < -0.3 is 24.8 Å². The van der Waals surface area contributed by atoms with Gasteiger partial charge in [-0.05, 0) is 83.7 Å². The summed E-state index contributed by atoms with van der Waals surface area (Å²) in [5, 5.41) is 29.0. The Hall–Kier alpha value is -3.45. The Morgan fingerprint density at radius 1 is 0.791 bits per heavy atom. The lowest BCUT2D eigenvalue weighted by Gasteiger charge is -2.27. The highest BCUT2D eigenvalue weighted by molar-refractivity contribution is 5.86. The second-order valence-electron chi connectivity index (χ2n) is 11.4. The van der Waals surface area contributed by atoms with Gasteiger partial charge in [0.05, 0.1) is 33.0 Å². The van der Waals surface area contributed by atoms with E-state index in [-0.39, 0.29) is 39.5 Å². The van der Waals surface area contributed by atoms with Crippen molar-refractivity contribution in [3.63, 3.8) is 0 Å². The molecule has 3 rings (SSSR count). The van der Waals surface area contributed by atoms with Gasteiger partial charge in [0.2, 0.25) is 0 Å². The summed E-state index contributed by atoms with van der Waals surface area (Å²) in [5.41, 5.74) is 7.38. The second-order valence-corrected chi connectivity index (χ2v) is 11.4. The van der Waals surface area contributed by atoms with E-state index in [2.05, 4.69) is 69.0 Å². The maximum atomic E-state index is 12.0. The second kappa shape index (κ2) is 17.0. The summed E-state index contributed by atoms with van der Waals surface area (Å²) >= 11 is 0. The number of aryl methyl sites for hydroxylation is 2. The molecular weight excluding hydrogens is 540 g/mol. The van der Waals surface area contributed by atoms with Crippen molar-refractivity contribution >= 4 is 5.97 Å². The first kappa shape index (κ1) is 34.0. The van der Waals surface area contributed by atoms with Crippen LogP contribution in [0.4, 0.5) is 0 Å². The molecule has 0 bridgehead atoms. The lowest BCUT2D eigenvalue weighted by molar-refractivity contribution is -0.138. The molecule has 6 heteroatoms. The third-order valence-electron chi connectivity index (χ3n) is 8.06. The summed E-state index contributed by atoms with van der Waals surface area (Å²) in [6, 6.07) is 21.5. The fourth-order valence-corrected chi connectivity index (χ4v) is 5.02. The van der Waals surface area contributed by atoms with Crippen LogP contribution in [-0.2, 0) is 28.8 Å². The smallest absolute Gasteiger partial charge is 0.333 e. The molecule has 43 heavy (non-hydrogen) atoms. The zero-order chi connectivity index (χ0) is 31.2. The van der Waals surface area contributed by atoms with Crippen molar-refractivity contribution in [2.75, 3.05) is 33.0 Å². The highest BCUT2D eigenvalue weighted by Crippen LogP contribution is 2.33. The summed E-state index contributed by atoms with van der Waals surface area (Å²) in [6.07, 6.45) is 6.42. The van der Waals surface area contributed by atoms with Crippen LogP contribution in [0.25, 0.3) is 22.3 Å². The molecular formula is C37H48O6. The molecule has 0 fully saturated rings. The van der Waals surface area contributed by atoms with Crippen LogP contribution in [0.1, 0.15) is 63.1 Å². The zero-order valence-corrected chi connectivity index (χ0v) is 26.0. The third kappa shape index (κ3) is 9.52. The molecule has 0 heterocycles. The predicted octanol–water partition coefficient (Wildman–Crippen LogP) is 6.71. The fraction of sp³-hybridized carbons (Fsp3) is 0.432. The van der Waals surface area contributed by atoms with Gasteiger partial charge in [0.1, 0.15) is 5.75 Å². The van der Waals surface area contributed by atoms with Crippen molar-refractivity contribution in [2.24, 2.45) is 5.41 Å². The number of ether oxygens (including phenoxy) is 2. The number of aliphatic hydroxyl groups is 3. The molecule has 232 valence electrons. The van der Waals surface area contributed by atoms with E-state index >= 15 is 0 Å². The normalized spacial score (nSPS) is 11.4. The molecule has 3 aromatic rings. The van der Waals surface area contributed by atoms with E-state index in [9.17, 15) is 20.1 Å². The van der Waals surface area contributed by atoms with E-state index in [1.54, 1.807) is 6.92 Å². The monoisotopic (exact) mass is 588 g/mol. The first-order valence-corrected chi connectivity index (χ1v) is 15.4. The molecule has 0 aliphatic heterocycles. The Labute approximate surface area is 257 Å². The lowest BCUT2D eigenvalue weighted by atomic mass is 9.88. The van der Waals surface area contributed by atoms with Crippen LogP contribution in [0.5, 0.6) is 5.75 Å². The Morgan fingerprint density at radius 2 is 1.44 bits per heavy atom. The molecule has 0 spiro atoms. The quantitative estimate of drug-likeness (QED) is 0.0869. The van der Waals surface area contributed by atoms with Crippen molar-refractivity contribution in [1.82, 2.24) is 0 Å². The molecule has 0 atom stereocenters. The van der Waals surface area contributed by atoms with Gasteiger partial charge in [0.15, 0.2) is 0 Å². The van der Waals surface area contributed by atoms with Crippen molar-refractivity contribution in [2.45, 2.75) is 65.7 Å². The van der Waals surface area contributed by atoms with Gasteiger partial charge in [-0.15, -0.1) is 0 Å². The molecule has 0 aromatic heterocycles. The van der Waals surface area contributed by atoms with Crippen LogP contribution in [0.15, 0.2) is 72.8 Å². The van der Waals surface area contributed by atoms with Crippen LogP contribution in [0.2, 0.25) is 0 Å². The van der Waals surface area contributed by atoms with Crippen LogP contribution < -0.4 is 4.74 Å². The largest absolute Gasteiger partial charge is 0.493 e. The first-order valence-electron chi connectivity index (χ1n) is 15.4. The van der Waals surface area contributed by atoms with E-state index in [1.165, 1.54) is 41.5 Å². The molecule has 0 saturated carbocycles. The lowest BCUT2D eigenvalue weighted by Crippen LogP contribution is -2.35. The standard InChI is InChI=1S/C37H48O6/c1-5-7-8-9-28-10-12-30(13-11-28)31-14-16-34(29(6-2)22-31)32-15-17-35(42-21-19-37(24-38,25-39)26-40)33(23-32)18-20-43-36(41)27(3)4/h10-17,22-23,38-40H,3,5-9,18-21,24-26H2,1-2,4H3. The van der Waals surface area contributed by atoms with E-state index in [0.717, 1.165) is 29.5 Å². The van der Waals surface area contributed by atoms with Gasteiger partial charge in [-0.2, -0.15) is 0 Å². The number of rotatable bonds is 18. The highest BCUT2D eigenvalue weighted by atomic mass is 16.5. The number of carbonyl (C=O) groups excluding carboxylic acids is 1. The molecule has 0 radical (unpaired) electrons. The zero-order valence-electron chi connectivity index (χ0n) is 26.0. The molecule has 0 amide bonds. The molecule has 0 saturated heterocycles. The number of aliphatic hydroxyl groups excluding tert-OH is 3. The van der Waals surface area contributed by atoms with Gasteiger partial charge in [-0.1, -0.05) is 81.8 Å². The summed E-state index contributed by atoms with van der Waals surface area (Å²) in [4.78, 5) is 12.0. The number of unbranched alkanes of at least 4 members (excludes halogenated alkanes) is 2. The predicted molar refractivity (Wildman–Crippen MR) is 173 cm³/mol. The van der Waals surface area contributed by atoms with E-state index in [0.29, 0.717) is 17.7 Å². The van der Waals surface area contributed by atoms with Crippen LogP contribution in [-0.4, -0.2) is 54.3 Å². The number of esters is 1. The first-order chi connectivity index (χ1) is 20.8. The molecule has 6 nitrogen and oxygen atoms in total. The Balaban J connectivity index is 1.85. The Bertz CT molecular complexity index is 1320. The summed E-state index contributed by atoms with van der Waals surface area (Å²) in [7, 11) is 0. The molecule has 0 aliphatic rings. The average molecular weight is 589 g/mol. The molecule has 3 aromatic carbocycles. The van der Waals surface area contributed by atoms with Gasteiger partial charge in [0, 0.05) is 17.4 Å². The maximum Gasteiger partial charge on any atom is 0.333 e. The van der Waals surface area contributed by atoms with Gasteiger partial charge in [0.25, 0.3) is 0 Å². The van der Waals surface area contributed by atoms with Gasteiger partial charge in [-0.3, -0.25) is 0 Å². The summed E-state index contributed by atoms with van der Waals surface area (Å²) < 4.78 is 11.4. The average Bonchev–Trinajstić information content (AvgIpc) is 3.04. The maximum absolute atomic E-state index is 12.0. The molecule has 0 unspecified atom stereocenters. The number of hydrogen-bond acceptors (Lipinski definition) is 6. The molecule has 0 aliphatic carbocycles. The Morgan fingerprint density at radius 3 is 2.07 bits per heavy atom. The van der Waals surface area contributed by atoms with Crippen LogP contribution in [0, 0.1) is 5.41 Å². The number of benzene rings is 3. The topological polar surface area (TPSA) is 96.2 Å². The van der Waals surface area contributed by atoms with Crippen molar-refractivity contribution < 1.29 is 29.6 Å². The number of carbonyl (C=O) groups is 1. The van der Waals surface area contributed by atoms with Gasteiger partial charge in [-0.25, -0.2) is 4.79 Å². The van der Waals surface area contributed by atoms with E-state index in [1.807, 2.05) is 12.1 Å². The van der Waals surface area contributed by atoms with E-state index < -0.39 is 11.4 Å². The summed E-state index contributed by atoms with van der Waals surface area (Å²) in [6.45, 7) is 8.99. The van der Waals surface area contributed by atoms with Crippen molar-refractivity contribution in [3.8, 4) is 28.0 Å². The fourth-order valence-electron chi connectivity index (χ4n) is 5.02. The third-order valence-corrected chi connectivity index (χ3v) is 8.06. The van der Waals surface area contributed by atoms with Crippen molar-refractivity contribution in [3.05, 3.63) is 89.5 Å². The minimum Gasteiger partial charge on any atom is -0.493 e. The molecule has 3 N–H and O–H groups in total. The SMILES string of the molecule is C=C(C)C(=O)OCCc1cc(-c2ccc(-c3ccc(CCCCC)cc3)cc2CC)ccc1OCCC(CO)(CO)CO.